The third-order valence-corrected chi connectivity index (χ3v) is 4.58. The molecular weight excluding hydrogens is 284 g/mol. The molecule has 2 aromatic rings. The van der Waals surface area contributed by atoms with Crippen molar-refractivity contribution >= 4 is 0 Å². The van der Waals surface area contributed by atoms with E-state index in [1.165, 1.54) is 31.2 Å². The molecule has 118 valence electrons. The highest BCUT2D eigenvalue weighted by molar-refractivity contribution is 5.40. The highest BCUT2D eigenvalue weighted by atomic mass is 16.5. The number of rotatable bonds is 2. The zero-order valence-electron chi connectivity index (χ0n) is 13.7. The smallest absolute Gasteiger partial charge is 0.205 e. The summed E-state index contributed by atoms with van der Waals surface area (Å²) in [6.45, 7) is 2.36. The van der Waals surface area contributed by atoms with Gasteiger partial charge < -0.3 is 4.74 Å². The van der Waals surface area contributed by atoms with Gasteiger partial charge in [-0.1, -0.05) is 37.8 Å². The second-order valence-electron chi connectivity index (χ2n) is 6.28. The largest absolute Gasteiger partial charge is 0.494 e. The van der Waals surface area contributed by atoms with Crippen LogP contribution >= 0.6 is 0 Å². The lowest BCUT2D eigenvalue weighted by atomic mass is 9.79. The number of nitrogens with zero attached hydrogens (tertiary/aromatic N) is 2. The lowest BCUT2D eigenvalue weighted by molar-refractivity contribution is 0.348. The number of ether oxygens (including phenoxy) is 1. The van der Waals surface area contributed by atoms with Crippen molar-refractivity contribution in [1.82, 2.24) is 9.97 Å². The van der Waals surface area contributed by atoms with Gasteiger partial charge in [-0.3, -0.25) is 0 Å². The van der Waals surface area contributed by atoms with Crippen LogP contribution in [-0.4, -0.2) is 17.1 Å². The fourth-order valence-electron chi connectivity index (χ4n) is 3.05. The molecule has 0 atom stereocenters. The van der Waals surface area contributed by atoms with Crippen molar-refractivity contribution in [2.24, 2.45) is 5.92 Å². The molecule has 0 aliphatic heterocycles. The topological polar surface area (TPSA) is 35.0 Å². The van der Waals surface area contributed by atoms with Gasteiger partial charge >= 0.3 is 0 Å². The highest BCUT2D eigenvalue weighted by Gasteiger charge is 2.19. The summed E-state index contributed by atoms with van der Waals surface area (Å²) in [6, 6.07) is 8.65. The van der Waals surface area contributed by atoms with Crippen LogP contribution in [0.5, 0.6) is 5.75 Å². The molecule has 1 heterocycles. The third-order valence-electron chi connectivity index (χ3n) is 4.58. The normalized spacial score (nSPS) is 20.4. The van der Waals surface area contributed by atoms with Gasteiger partial charge in [0.1, 0.15) is 0 Å². The first-order chi connectivity index (χ1) is 11.2. The van der Waals surface area contributed by atoms with Gasteiger partial charge in [0.05, 0.1) is 19.5 Å². The molecule has 3 nitrogen and oxygen atoms in total. The second-order valence-corrected chi connectivity index (χ2v) is 6.28. The molecule has 23 heavy (non-hydrogen) atoms. The second kappa shape index (κ2) is 7.28. The molecule has 3 heteroatoms. The van der Waals surface area contributed by atoms with Gasteiger partial charge in [-0.05, 0) is 48.3 Å². The van der Waals surface area contributed by atoms with E-state index in [1.807, 2.05) is 0 Å². The maximum absolute atomic E-state index is 5.04. The summed E-state index contributed by atoms with van der Waals surface area (Å²) in [7, 11) is 1.60. The molecule has 1 aliphatic carbocycles. The minimum Gasteiger partial charge on any atom is -0.494 e. The number of aromatic nitrogens is 2. The number of hydrogen-bond acceptors (Lipinski definition) is 3. The molecule has 1 fully saturated rings. The van der Waals surface area contributed by atoms with Gasteiger partial charge in [-0.2, -0.15) is 0 Å². The Morgan fingerprint density at radius 3 is 2.22 bits per heavy atom. The van der Waals surface area contributed by atoms with Crippen LogP contribution in [0.2, 0.25) is 0 Å². The Morgan fingerprint density at radius 2 is 1.61 bits per heavy atom. The lowest BCUT2D eigenvalue weighted by Gasteiger charge is -2.26. The van der Waals surface area contributed by atoms with Crippen molar-refractivity contribution < 1.29 is 4.74 Å². The Balaban J connectivity index is 1.66. The van der Waals surface area contributed by atoms with E-state index in [-0.39, 0.29) is 0 Å². The molecule has 0 saturated heterocycles. The predicted octanol–water partition coefficient (Wildman–Crippen LogP) is 4.18. The van der Waals surface area contributed by atoms with E-state index < -0.39 is 0 Å². The van der Waals surface area contributed by atoms with Crippen LogP contribution in [0.4, 0.5) is 0 Å². The molecule has 1 aromatic carbocycles. The Labute approximate surface area is 138 Å². The van der Waals surface area contributed by atoms with E-state index in [0.29, 0.717) is 11.6 Å². The average molecular weight is 306 g/mol. The molecule has 0 radical (unpaired) electrons. The summed E-state index contributed by atoms with van der Waals surface area (Å²) in [5.74, 6) is 8.87. The van der Waals surface area contributed by atoms with Crippen LogP contribution < -0.4 is 4.74 Å². The van der Waals surface area contributed by atoms with Crippen molar-refractivity contribution in [3.05, 3.63) is 53.6 Å². The number of benzene rings is 1. The highest BCUT2D eigenvalue weighted by Crippen LogP contribution is 2.35. The summed E-state index contributed by atoms with van der Waals surface area (Å²) in [6.07, 6.45) is 8.58. The molecule has 0 amide bonds. The average Bonchev–Trinajstić information content (AvgIpc) is 2.61. The summed E-state index contributed by atoms with van der Waals surface area (Å²) >= 11 is 0. The van der Waals surface area contributed by atoms with E-state index in [2.05, 4.69) is 53.0 Å². The minimum absolute atomic E-state index is 0.510. The van der Waals surface area contributed by atoms with E-state index in [1.54, 1.807) is 19.5 Å². The van der Waals surface area contributed by atoms with Crippen molar-refractivity contribution in [2.45, 2.75) is 38.5 Å². The van der Waals surface area contributed by atoms with E-state index in [0.717, 1.165) is 17.4 Å². The van der Waals surface area contributed by atoms with Crippen molar-refractivity contribution in [1.29, 1.82) is 0 Å². The molecule has 0 bridgehead atoms. The van der Waals surface area contributed by atoms with Gasteiger partial charge in [-0.15, -0.1) is 0 Å². The standard InChI is InChI=1S/C20H22N2O/c1-15-3-8-17(9-4-15)18-10-5-16(6-11-18)7-12-20-21-13-19(23-2)14-22-20/h5-6,10-11,13-15,17H,3-4,8-9H2,1-2H3/t15-,17-. The third kappa shape index (κ3) is 4.10. The quantitative estimate of drug-likeness (QED) is 0.781. The zero-order valence-corrected chi connectivity index (χ0v) is 13.7. The maximum Gasteiger partial charge on any atom is 0.205 e. The van der Waals surface area contributed by atoms with Crippen LogP contribution in [0.15, 0.2) is 36.7 Å². The Hall–Kier alpha value is -2.34. The first-order valence-electron chi connectivity index (χ1n) is 8.22. The van der Waals surface area contributed by atoms with Gasteiger partial charge in [0.15, 0.2) is 5.75 Å². The van der Waals surface area contributed by atoms with Crippen molar-refractivity contribution in [3.8, 4) is 17.6 Å². The molecule has 1 aliphatic rings. The first-order valence-corrected chi connectivity index (χ1v) is 8.22. The summed E-state index contributed by atoms with van der Waals surface area (Å²) in [4.78, 5) is 8.31. The van der Waals surface area contributed by atoms with Crippen LogP contribution in [0.25, 0.3) is 0 Å². The van der Waals surface area contributed by atoms with Gasteiger partial charge in [0, 0.05) is 5.56 Å². The predicted molar refractivity (Wildman–Crippen MR) is 91.4 cm³/mol. The van der Waals surface area contributed by atoms with E-state index in [9.17, 15) is 0 Å². The summed E-state index contributed by atoms with van der Waals surface area (Å²) in [5.41, 5.74) is 2.44. The minimum atomic E-state index is 0.510. The van der Waals surface area contributed by atoms with Crippen LogP contribution in [0.3, 0.4) is 0 Å². The molecule has 0 unspecified atom stereocenters. The Bertz CT molecular complexity index is 687. The Morgan fingerprint density at radius 1 is 0.957 bits per heavy atom. The van der Waals surface area contributed by atoms with E-state index in [4.69, 9.17) is 4.74 Å². The number of hydrogen-bond donors (Lipinski definition) is 0. The van der Waals surface area contributed by atoms with Gasteiger partial charge in [-0.25, -0.2) is 9.97 Å². The lowest BCUT2D eigenvalue weighted by Crippen LogP contribution is -2.10. The molecule has 3 rings (SSSR count). The molecule has 0 spiro atoms. The molecular formula is C20H22N2O. The maximum atomic E-state index is 5.04. The fourth-order valence-corrected chi connectivity index (χ4v) is 3.05. The van der Waals surface area contributed by atoms with Gasteiger partial charge in [0.2, 0.25) is 5.82 Å². The monoisotopic (exact) mass is 306 g/mol. The van der Waals surface area contributed by atoms with Crippen LogP contribution in [0.1, 0.15) is 55.5 Å². The summed E-state index contributed by atoms with van der Waals surface area (Å²) < 4.78 is 5.04. The summed E-state index contributed by atoms with van der Waals surface area (Å²) in [5, 5.41) is 0. The molecule has 1 saturated carbocycles. The molecule has 0 N–H and O–H groups in total. The van der Waals surface area contributed by atoms with Crippen LogP contribution in [0, 0.1) is 17.8 Å². The van der Waals surface area contributed by atoms with Crippen molar-refractivity contribution in [3.63, 3.8) is 0 Å². The zero-order chi connectivity index (χ0) is 16.1. The van der Waals surface area contributed by atoms with Gasteiger partial charge in [0.25, 0.3) is 0 Å². The van der Waals surface area contributed by atoms with E-state index >= 15 is 0 Å². The number of methoxy groups -OCH3 is 1. The van der Waals surface area contributed by atoms with Crippen molar-refractivity contribution in [2.75, 3.05) is 7.11 Å². The fraction of sp³-hybridized carbons (Fsp3) is 0.400. The SMILES string of the molecule is COc1cnc(C#Cc2ccc([C@H]3CC[C@H](C)CC3)cc2)nc1. The van der Waals surface area contributed by atoms with Crippen LogP contribution in [-0.2, 0) is 0 Å². The first kappa shape index (κ1) is 15.6. The molecule has 1 aromatic heterocycles. The Kier molecular flexibility index (Phi) is 4.92.